The van der Waals surface area contributed by atoms with E-state index in [1.165, 1.54) is 57.8 Å². The Balaban J connectivity index is 1.52. The molecule has 4 unspecified atom stereocenters. The van der Waals surface area contributed by atoms with Gasteiger partial charge in [-0.05, 0) is 81.0 Å². The smallest absolute Gasteiger partial charge is 0.0578 e. The van der Waals surface area contributed by atoms with Gasteiger partial charge in [0.15, 0.2) is 0 Å². The number of fused-ring (bicyclic) bond motifs is 3. The summed E-state index contributed by atoms with van der Waals surface area (Å²) >= 11 is 0. The first kappa shape index (κ1) is 15.8. The molecule has 0 spiro atoms. The van der Waals surface area contributed by atoms with Gasteiger partial charge in [0.05, 0.1) is 6.10 Å². The van der Waals surface area contributed by atoms with Crippen LogP contribution in [0.25, 0.3) is 0 Å². The fourth-order valence-corrected chi connectivity index (χ4v) is 5.76. The Labute approximate surface area is 132 Å². The van der Waals surface area contributed by atoms with Crippen molar-refractivity contribution in [3.05, 3.63) is 0 Å². The molecule has 3 aliphatic carbocycles. The predicted octanol–water partition coefficient (Wildman–Crippen LogP) is 5.82. The van der Waals surface area contributed by atoms with Crippen LogP contribution in [0, 0.1) is 29.6 Å². The maximum atomic E-state index is 6.14. The fourth-order valence-electron chi connectivity index (χ4n) is 5.76. The average Bonchev–Trinajstić information content (AvgIpc) is 2.54. The zero-order valence-electron chi connectivity index (χ0n) is 14.4. The largest absolute Gasteiger partial charge is 0.378 e. The molecular weight excluding hydrogens is 256 g/mol. The molecule has 0 aromatic heterocycles. The molecule has 0 aromatic rings. The molecule has 21 heavy (non-hydrogen) atoms. The monoisotopic (exact) mass is 292 g/mol. The first-order valence-electron chi connectivity index (χ1n) is 9.93. The molecule has 0 N–H and O–H groups in total. The molecule has 3 fully saturated rings. The Morgan fingerprint density at radius 3 is 2.24 bits per heavy atom. The first-order valence-corrected chi connectivity index (χ1v) is 9.93. The minimum atomic E-state index is 0.598. The maximum absolute atomic E-state index is 6.14. The summed E-state index contributed by atoms with van der Waals surface area (Å²) in [7, 11) is 0. The van der Waals surface area contributed by atoms with E-state index in [1.807, 2.05) is 0 Å². The lowest BCUT2D eigenvalue weighted by Gasteiger charge is -2.50. The molecule has 1 nitrogen and oxygen atoms in total. The van der Waals surface area contributed by atoms with Crippen LogP contribution in [0.3, 0.4) is 0 Å². The summed E-state index contributed by atoms with van der Waals surface area (Å²) in [6, 6.07) is 0. The quantitative estimate of drug-likeness (QED) is 0.580. The highest BCUT2D eigenvalue weighted by atomic mass is 16.5. The van der Waals surface area contributed by atoms with E-state index in [1.54, 1.807) is 12.8 Å². The van der Waals surface area contributed by atoms with Crippen molar-refractivity contribution in [3.8, 4) is 0 Å². The maximum Gasteiger partial charge on any atom is 0.0578 e. The molecule has 122 valence electrons. The summed E-state index contributed by atoms with van der Waals surface area (Å²) < 4.78 is 6.14. The van der Waals surface area contributed by atoms with Crippen molar-refractivity contribution in [2.24, 2.45) is 29.6 Å². The van der Waals surface area contributed by atoms with Crippen LogP contribution >= 0.6 is 0 Å². The summed E-state index contributed by atoms with van der Waals surface area (Å²) in [5.74, 6) is 5.29. The Morgan fingerprint density at radius 1 is 0.810 bits per heavy atom. The highest BCUT2D eigenvalue weighted by Crippen LogP contribution is 2.53. The van der Waals surface area contributed by atoms with Gasteiger partial charge in [-0.3, -0.25) is 0 Å². The Morgan fingerprint density at radius 2 is 1.52 bits per heavy atom. The third kappa shape index (κ3) is 3.66. The molecule has 6 atom stereocenters. The first-order chi connectivity index (χ1) is 10.3. The highest BCUT2D eigenvalue weighted by molar-refractivity contribution is 4.94. The molecule has 0 aromatic carbocycles. The number of rotatable bonds is 5. The van der Waals surface area contributed by atoms with Gasteiger partial charge in [0.25, 0.3) is 0 Å². The van der Waals surface area contributed by atoms with Gasteiger partial charge in [-0.15, -0.1) is 0 Å². The third-order valence-electron chi connectivity index (χ3n) is 7.03. The van der Waals surface area contributed by atoms with Crippen molar-refractivity contribution in [1.82, 2.24) is 0 Å². The van der Waals surface area contributed by atoms with Gasteiger partial charge in [-0.1, -0.05) is 33.1 Å². The van der Waals surface area contributed by atoms with Crippen molar-refractivity contribution in [1.29, 1.82) is 0 Å². The van der Waals surface area contributed by atoms with E-state index in [0.29, 0.717) is 6.10 Å². The number of hydrogen-bond donors (Lipinski definition) is 0. The molecule has 0 heterocycles. The molecular formula is C20H36O. The van der Waals surface area contributed by atoms with E-state index in [9.17, 15) is 0 Å². The summed E-state index contributed by atoms with van der Waals surface area (Å²) in [5, 5.41) is 0. The molecule has 0 aliphatic heterocycles. The summed E-state index contributed by atoms with van der Waals surface area (Å²) in [4.78, 5) is 0. The molecule has 3 rings (SSSR count). The van der Waals surface area contributed by atoms with Crippen LogP contribution < -0.4 is 0 Å². The van der Waals surface area contributed by atoms with Crippen LogP contribution in [0.15, 0.2) is 0 Å². The summed E-state index contributed by atoms with van der Waals surface area (Å²) in [6.07, 6.45) is 16.4. The van der Waals surface area contributed by atoms with Crippen LogP contribution in [0.5, 0.6) is 0 Å². The van der Waals surface area contributed by atoms with Gasteiger partial charge >= 0.3 is 0 Å². The topological polar surface area (TPSA) is 9.23 Å². The molecule has 0 amide bonds. The zero-order chi connectivity index (χ0) is 14.7. The predicted molar refractivity (Wildman–Crippen MR) is 89.3 cm³/mol. The second kappa shape index (κ2) is 7.49. The molecule has 0 radical (unpaired) electrons. The van der Waals surface area contributed by atoms with Gasteiger partial charge < -0.3 is 4.74 Å². The lowest BCUT2D eigenvalue weighted by atomic mass is 9.56. The number of unbranched alkanes of at least 4 members (excludes halogenated alkanes) is 1. The number of ether oxygens (including phenoxy) is 1. The summed E-state index contributed by atoms with van der Waals surface area (Å²) in [6.45, 7) is 5.66. The Bertz CT molecular complexity index is 313. The van der Waals surface area contributed by atoms with Crippen LogP contribution in [-0.4, -0.2) is 12.7 Å². The van der Waals surface area contributed by atoms with Crippen LogP contribution in [0.2, 0.25) is 0 Å². The normalized spacial score (nSPS) is 43.1. The van der Waals surface area contributed by atoms with Crippen molar-refractivity contribution >= 4 is 0 Å². The van der Waals surface area contributed by atoms with Gasteiger partial charge in [-0.2, -0.15) is 0 Å². The highest BCUT2D eigenvalue weighted by Gasteiger charge is 2.44. The number of hydrogen-bond acceptors (Lipinski definition) is 1. The second-order valence-corrected chi connectivity index (χ2v) is 8.17. The third-order valence-corrected chi connectivity index (χ3v) is 7.03. The van der Waals surface area contributed by atoms with Gasteiger partial charge in [-0.25, -0.2) is 0 Å². The summed E-state index contributed by atoms with van der Waals surface area (Å²) in [5.41, 5.74) is 0. The zero-order valence-corrected chi connectivity index (χ0v) is 14.4. The molecule has 3 saturated carbocycles. The Kier molecular flexibility index (Phi) is 5.65. The average molecular weight is 293 g/mol. The van der Waals surface area contributed by atoms with Gasteiger partial charge in [0, 0.05) is 6.61 Å². The van der Waals surface area contributed by atoms with E-state index in [-0.39, 0.29) is 0 Å². The van der Waals surface area contributed by atoms with Crippen LogP contribution in [0.1, 0.15) is 84.5 Å². The van der Waals surface area contributed by atoms with Crippen molar-refractivity contribution < 1.29 is 4.74 Å². The molecule has 3 aliphatic rings. The van der Waals surface area contributed by atoms with Gasteiger partial charge in [0.2, 0.25) is 0 Å². The van der Waals surface area contributed by atoms with Gasteiger partial charge in [0.1, 0.15) is 0 Å². The van der Waals surface area contributed by atoms with E-state index < -0.39 is 0 Å². The SMILES string of the molecule is CCCCO[C@@H]1CCC2C(CCC3C[C@H](CC)CCC32)C1. The van der Waals surface area contributed by atoms with E-state index >= 15 is 0 Å². The van der Waals surface area contributed by atoms with Crippen molar-refractivity contribution in [2.75, 3.05) is 6.61 Å². The molecule has 0 bridgehead atoms. The van der Waals surface area contributed by atoms with E-state index in [0.717, 1.165) is 36.2 Å². The van der Waals surface area contributed by atoms with E-state index in [4.69, 9.17) is 4.74 Å². The molecule has 0 saturated heterocycles. The minimum absolute atomic E-state index is 0.598. The lowest BCUT2D eigenvalue weighted by Crippen LogP contribution is -2.42. The van der Waals surface area contributed by atoms with Crippen molar-refractivity contribution in [2.45, 2.75) is 90.6 Å². The Hall–Kier alpha value is -0.0400. The van der Waals surface area contributed by atoms with Crippen molar-refractivity contribution in [3.63, 3.8) is 0 Å². The van der Waals surface area contributed by atoms with E-state index in [2.05, 4.69) is 13.8 Å². The van der Waals surface area contributed by atoms with Crippen LogP contribution in [0.4, 0.5) is 0 Å². The molecule has 1 heteroatoms. The van der Waals surface area contributed by atoms with Crippen LogP contribution in [-0.2, 0) is 4.74 Å². The fraction of sp³-hybridized carbons (Fsp3) is 1.00. The standard InChI is InChI=1S/C20H36O/c1-3-5-12-21-18-9-11-20-17(14-18)8-7-16-13-15(4-2)6-10-19(16)20/h15-20H,3-14H2,1-2H3/t15-,16?,17?,18-,19?,20?/m1/s1. The minimum Gasteiger partial charge on any atom is -0.378 e. The lowest BCUT2D eigenvalue weighted by molar-refractivity contribution is -0.0534. The second-order valence-electron chi connectivity index (χ2n) is 8.17.